The fourth-order valence-corrected chi connectivity index (χ4v) is 0.940. The quantitative estimate of drug-likeness (QED) is 0.250. The van der Waals surface area contributed by atoms with E-state index in [1.807, 2.05) is 0 Å². The summed E-state index contributed by atoms with van der Waals surface area (Å²) in [6.45, 7) is 0. The van der Waals surface area contributed by atoms with Crippen molar-refractivity contribution in [2.24, 2.45) is 17.9 Å². The van der Waals surface area contributed by atoms with Gasteiger partial charge in [-0.2, -0.15) is 4.68 Å². The molecule has 0 atom stereocenters. The van der Waals surface area contributed by atoms with Crippen molar-refractivity contribution in [1.82, 2.24) is 35.0 Å². The molecule has 0 fully saturated rings. The standard InChI is InChI=1S/C5H7N9O/c1-13-5(8-11-12-13)14-2-7-4(9-14)3(6)10-15/h2,15H,1H3,(H2,6,10). The largest absolute Gasteiger partial charge is 0.409 e. The predicted molar refractivity (Wildman–Crippen MR) is 46.2 cm³/mol. The van der Waals surface area contributed by atoms with Gasteiger partial charge in [0, 0.05) is 7.05 Å². The lowest BCUT2D eigenvalue weighted by Gasteiger charge is -1.94. The summed E-state index contributed by atoms with van der Waals surface area (Å²) in [6.07, 6.45) is 1.36. The molecule has 3 N–H and O–H groups in total. The molecule has 2 heterocycles. The van der Waals surface area contributed by atoms with Gasteiger partial charge in [0.15, 0.2) is 0 Å². The number of aryl methyl sites for hydroxylation is 1. The van der Waals surface area contributed by atoms with Crippen LogP contribution in [-0.4, -0.2) is 46.0 Å². The van der Waals surface area contributed by atoms with E-state index >= 15 is 0 Å². The Hall–Kier alpha value is -2.52. The Kier molecular flexibility index (Phi) is 2.00. The second-order valence-electron chi connectivity index (χ2n) is 2.60. The van der Waals surface area contributed by atoms with Crippen LogP contribution in [0.1, 0.15) is 5.82 Å². The molecule has 0 saturated heterocycles. The lowest BCUT2D eigenvalue weighted by atomic mass is 10.6. The zero-order chi connectivity index (χ0) is 10.8. The molecule has 10 heteroatoms. The summed E-state index contributed by atoms with van der Waals surface area (Å²) in [5.74, 6) is 0.295. The highest BCUT2D eigenvalue weighted by atomic mass is 16.4. The van der Waals surface area contributed by atoms with Crippen LogP contribution < -0.4 is 5.73 Å². The van der Waals surface area contributed by atoms with E-state index in [0.29, 0.717) is 5.95 Å². The van der Waals surface area contributed by atoms with Crippen LogP contribution in [0.25, 0.3) is 5.95 Å². The maximum absolute atomic E-state index is 8.41. The second kappa shape index (κ2) is 3.32. The molecule has 0 saturated carbocycles. The van der Waals surface area contributed by atoms with Crippen LogP contribution in [0.2, 0.25) is 0 Å². The van der Waals surface area contributed by atoms with Gasteiger partial charge in [-0.15, -0.1) is 5.10 Å². The first-order valence-electron chi connectivity index (χ1n) is 3.84. The molecule has 0 bridgehead atoms. The SMILES string of the molecule is Cn1nnnc1-n1cnc(C(N)=NO)n1. The molecule has 15 heavy (non-hydrogen) atoms. The molecular weight excluding hydrogens is 202 g/mol. The number of rotatable bonds is 2. The number of amidine groups is 1. The maximum Gasteiger partial charge on any atom is 0.271 e. The van der Waals surface area contributed by atoms with E-state index in [2.05, 4.69) is 30.8 Å². The Morgan fingerprint density at radius 2 is 2.40 bits per heavy atom. The molecule has 0 aliphatic carbocycles. The lowest BCUT2D eigenvalue weighted by Crippen LogP contribution is -2.16. The average Bonchev–Trinajstić information content (AvgIpc) is 2.84. The van der Waals surface area contributed by atoms with Crippen LogP contribution >= 0.6 is 0 Å². The van der Waals surface area contributed by atoms with Crippen molar-refractivity contribution >= 4 is 5.84 Å². The van der Waals surface area contributed by atoms with Crippen LogP contribution in [0.3, 0.4) is 0 Å². The minimum atomic E-state index is -0.177. The third-order valence-corrected chi connectivity index (χ3v) is 1.63. The van der Waals surface area contributed by atoms with Crippen molar-refractivity contribution in [2.75, 3.05) is 0 Å². The van der Waals surface area contributed by atoms with Crippen LogP contribution in [-0.2, 0) is 7.05 Å². The van der Waals surface area contributed by atoms with Crippen molar-refractivity contribution in [3.63, 3.8) is 0 Å². The van der Waals surface area contributed by atoms with E-state index in [9.17, 15) is 0 Å². The average molecular weight is 209 g/mol. The Bertz CT molecular complexity index is 496. The van der Waals surface area contributed by atoms with Gasteiger partial charge in [0.25, 0.3) is 5.95 Å². The summed E-state index contributed by atoms with van der Waals surface area (Å²) in [5.41, 5.74) is 5.30. The molecule has 0 aliphatic rings. The lowest BCUT2D eigenvalue weighted by molar-refractivity contribution is 0.318. The number of aromatic nitrogens is 7. The van der Waals surface area contributed by atoms with Crippen LogP contribution in [0.5, 0.6) is 0 Å². The monoisotopic (exact) mass is 209 g/mol. The van der Waals surface area contributed by atoms with Crippen molar-refractivity contribution in [1.29, 1.82) is 0 Å². The maximum atomic E-state index is 8.41. The van der Waals surface area contributed by atoms with Gasteiger partial charge in [-0.05, 0) is 10.4 Å². The second-order valence-corrected chi connectivity index (χ2v) is 2.60. The van der Waals surface area contributed by atoms with Crippen molar-refractivity contribution in [3.8, 4) is 5.95 Å². The molecule has 0 aromatic carbocycles. The fraction of sp³-hybridized carbons (Fsp3) is 0.200. The summed E-state index contributed by atoms with van der Waals surface area (Å²) >= 11 is 0. The van der Waals surface area contributed by atoms with Crippen molar-refractivity contribution in [2.45, 2.75) is 0 Å². The topological polar surface area (TPSA) is 133 Å². The van der Waals surface area contributed by atoms with Crippen molar-refractivity contribution < 1.29 is 5.21 Å². The molecule has 2 aromatic heterocycles. The summed E-state index contributed by atoms with van der Waals surface area (Å²) in [7, 11) is 1.65. The first-order chi connectivity index (χ1) is 7.22. The Morgan fingerprint density at radius 3 is 3.00 bits per heavy atom. The first kappa shape index (κ1) is 9.05. The molecule has 78 valence electrons. The Balaban J connectivity index is 2.40. The molecule has 2 rings (SSSR count). The van der Waals surface area contributed by atoms with Crippen molar-refractivity contribution in [3.05, 3.63) is 12.2 Å². The molecule has 0 spiro atoms. The van der Waals surface area contributed by atoms with E-state index in [0.717, 1.165) is 0 Å². The van der Waals surface area contributed by atoms with Gasteiger partial charge in [0.2, 0.25) is 11.7 Å². The highest BCUT2D eigenvalue weighted by Crippen LogP contribution is 1.97. The zero-order valence-corrected chi connectivity index (χ0v) is 7.68. The van der Waals surface area contributed by atoms with E-state index in [1.54, 1.807) is 7.05 Å². The number of oxime groups is 1. The summed E-state index contributed by atoms with van der Waals surface area (Å²) in [6, 6.07) is 0. The number of tetrazole rings is 1. The minimum Gasteiger partial charge on any atom is -0.409 e. The third-order valence-electron chi connectivity index (χ3n) is 1.63. The third kappa shape index (κ3) is 1.47. The van der Waals surface area contributed by atoms with E-state index in [4.69, 9.17) is 10.9 Å². The molecule has 0 unspecified atom stereocenters. The Morgan fingerprint density at radius 1 is 1.60 bits per heavy atom. The van der Waals surface area contributed by atoms with Gasteiger partial charge in [0.1, 0.15) is 6.33 Å². The molecular formula is C5H7N9O. The predicted octanol–water partition coefficient (Wildman–Crippen LogP) is -2.11. The highest BCUT2D eigenvalue weighted by Gasteiger charge is 2.10. The van der Waals surface area contributed by atoms with Gasteiger partial charge >= 0.3 is 0 Å². The van der Waals surface area contributed by atoms with Gasteiger partial charge in [0.05, 0.1) is 0 Å². The summed E-state index contributed by atoms with van der Waals surface area (Å²) in [5, 5.41) is 25.9. The number of nitrogens with zero attached hydrogens (tertiary/aromatic N) is 8. The van der Waals surface area contributed by atoms with Gasteiger partial charge in [-0.25, -0.2) is 9.67 Å². The smallest absolute Gasteiger partial charge is 0.271 e. The van der Waals surface area contributed by atoms with Crippen LogP contribution in [0, 0.1) is 0 Å². The number of hydrogen-bond donors (Lipinski definition) is 2. The molecule has 2 aromatic rings. The number of nitrogens with two attached hydrogens (primary N) is 1. The number of hydrogen-bond acceptors (Lipinski definition) is 7. The zero-order valence-electron chi connectivity index (χ0n) is 7.68. The normalized spacial score (nSPS) is 11.9. The molecule has 0 aliphatic heterocycles. The molecule has 0 amide bonds. The Labute approximate surface area is 83.0 Å². The molecule has 0 radical (unpaired) electrons. The molecule has 10 nitrogen and oxygen atoms in total. The highest BCUT2D eigenvalue weighted by molar-refractivity contribution is 5.93. The fourth-order valence-electron chi connectivity index (χ4n) is 0.940. The van der Waals surface area contributed by atoms with Gasteiger partial charge in [-0.3, -0.25) is 0 Å². The minimum absolute atomic E-state index is 0.0977. The summed E-state index contributed by atoms with van der Waals surface area (Å²) in [4.78, 5) is 3.81. The van der Waals surface area contributed by atoms with E-state index < -0.39 is 0 Å². The van der Waals surface area contributed by atoms with Gasteiger partial charge in [-0.1, -0.05) is 10.3 Å². The van der Waals surface area contributed by atoms with E-state index in [1.165, 1.54) is 15.7 Å². The van der Waals surface area contributed by atoms with Crippen LogP contribution in [0.15, 0.2) is 11.5 Å². The van der Waals surface area contributed by atoms with Crippen LogP contribution in [0.4, 0.5) is 0 Å². The first-order valence-corrected chi connectivity index (χ1v) is 3.84. The van der Waals surface area contributed by atoms with E-state index in [-0.39, 0.29) is 11.7 Å². The summed E-state index contributed by atoms with van der Waals surface area (Å²) < 4.78 is 2.72. The van der Waals surface area contributed by atoms with Gasteiger partial charge < -0.3 is 10.9 Å².